The lowest BCUT2D eigenvalue weighted by molar-refractivity contribution is -0.119. The van der Waals surface area contributed by atoms with Gasteiger partial charge in [-0.2, -0.15) is 4.98 Å². The molecule has 0 aliphatic carbocycles. The molecule has 0 aliphatic heterocycles. The van der Waals surface area contributed by atoms with Crippen LogP contribution in [0.15, 0.2) is 30.5 Å². The third-order valence-corrected chi connectivity index (χ3v) is 3.39. The summed E-state index contributed by atoms with van der Waals surface area (Å²) in [5, 5.41) is 6.43. The Kier molecular flexibility index (Phi) is 4.57. The van der Waals surface area contributed by atoms with E-state index >= 15 is 0 Å². The quantitative estimate of drug-likeness (QED) is 0.712. The number of amides is 1. The number of halogens is 2. The number of aromatic nitrogens is 4. The number of carbonyl (C=O) groups is 2. The maximum atomic E-state index is 13.6. The number of esters is 1. The molecule has 0 fully saturated rings. The maximum absolute atomic E-state index is 13.6. The number of aryl methyl sites for hydroxylation is 1. The summed E-state index contributed by atoms with van der Waals surface area (Å²) in [5.74, 6) is -2.30. The molecule has 2 heterocycles. The molecule has 0 bridgehead atoms. The molecule has 3 rings (SSSR count). The molecule has 0 aliphatic rings. The molecule has 1 aromatic carbocycles. The molecular formula is C15H11ClFN5O3. The van der Waals surface area contributed by atoms with Crippen LogP contribution in [0.4, 0.5) is 10.1 Å². The highest BCUT2D eigenvalue weighted by atomic mass is 35.5. The first kappa shape index (κ1) is 16.8. The molecule has 0 radical (unpaired) electrons. The summed E-state index contributed by atoms with van der Waals surface area (Å²) < 4.78 is 19.8. The Balaban J connectivity index is 1.63. The van der Waals surface area contributed by atoms with Crippen LogP contribution in [0.25, 0.3) is 5.78 Å². The molecule has 0 atom stereocenters. The smallest absolute Gasteiger partial charge is 0.378 e. The Hall–Kier alpha value is -3.07. The highest BCUT2D eigenvalue weighted by molar-refractivity contribution is 6.30. The number of hydrogen-bond acceptors (Lipinski definition) is 6. The van der Waals surface area contributed by atoms with Crippen molar-refractivity contribution in [1.82, 2.24) is 19.6 Å². The van der Waals surface area contributed by atoms with Gasteiger partial charge < -0.3 is 10.1 Å². The molecule has 0 spiro atoms. The SMILES string of the molecule is Cc1ccnc2nc(C(=O)OCC(=O)Nc3ccc(Cl)cc3F)nn12. The molecule has 0 unspecified atom stereocenters. The van der Waals surface area contributed by atoms with Crippen LogP contribution in [0, 0.1) is 12.7 Å². The van der Waals surface area contributed by atoms with Crippen LogP contribution in [0.5, 0.6) is 0 Å². The summed E-state index contributed by atoms with van der Waals surface area (Å²) in [6.45, 7) is 1.15. The van der Waals surface area contributed by atoms with E-state index in [0.29, 0.717) is 0 Å². The normalized spacial score (nSPS) is 10.7. The summed E-state index contributed by atoms with van der Waals surface area (Å²) in [6.07, 6.45) is 1.53. The van der Waals surface area contributed by atoms with Crippen molar-refractivity contribution in [2.75, 3.05) is 11.9 Å². The molecule has 128 valence electrons. The minimum Gasteiger partial charge on any atom is -0.450 e. The molecular weight excluding hydrogens is 353 g/mol. The van der Waals surface area contributed by atoms with Gasteiger partial charge in [-0.15, -0.1) is 5.10 Å². The summed E-state index contributed by atoms with van der Waals surface area (Å²) in [7, 11) is 0. The van der Waals surface area contributed by atoms with Crippen molar-refractivity contribution in [3.63, 3.8) is 0 Å². The number of rotatable bonds is 4. The molecule has 3 aromatic rings. The predicted octanol–water partition coefficient (Wildman–Crippen LogP) is 2.02. The van der Waals surface area contributed by atoms with Crippen molar-refractivity contribution in [2.24, 2.45) is 0 Å². The lowest BCUT2D eigenvalue weighted by Crippen LogP contribution is -2.22. The van der Waals surface area contributed by atoms with Crippen LogP contribution in [-0.2, 0) is 9.53 Å². The van der Waals surface area contributed by atoms with E-state index in [1.165, 1.54) is 22.8 Å². The zero-order chi connectivity index (χ0) is 18.0. The third-order valence-electron chi connectivity index (χ3n) is 3.15. The number of anilines is 1. The molecule has 25 heavy (non-hydrogen) atoms. The highest BCUT2D eigenvalue weighted by Crippen LogP contribution is 2.18. The second-order valence-electron chi connectivity index (χ2n) is 4.98. The van der Waals surface area contributed by atoms with E-state index in [1.54, 1.807) is 13.0 Å². The standard InChI is InChI=1S/C15H11ClFN5O3/c1-8-4-5-18-15-20-13(21-22(8)15)14(24)25-7-12(23)19-11-3-2-9(16)6-10(11)17/h2-6H,7H2,1H3,(H,19,23). The molecule has 0 saturated heterocycles. The first-order chi connectivity index (χ1) is 11.9. The van der Waals surface area contributed by atoms with Crippen LogP contribution >= 0.6 is 11.6 Å². The van der Waals surface area contributed by atoms with E-state index < -0.39 is 24.3 Å². The van der Waals surface area contributed by atoms with Gasteiger partial charge in [0.1, 0.15) is 5.82 Å². The highest BCUT2D eigenvalue weighted by Gasteiger charge is 2.17. The third kappa shape index (κ3) is 3.72. The lowest BCUT2D eigenvalue weighted by atomic mass is 10.3. The van der Waals surface area contributed by atoms with Crippen LogP contribution < -0.4 is 5.32 Å². The molecule has 10 heteroatoms. The fraction of sp³-hybridized carbons (Fsp3) is 0.133. The summed E-state index contributed by atoms with van der Waals surface area (Å²) >= 11 is 5.63. The minimum absolute atomic E-state index is 0.0730. The average molecular weight is 364 g/mol. The topological polar surface area (TPSA) is 98.5 Å². The molecule has 1 amide bonds. The van der Waals surface area contributed by atoms with Gasteiger partial charge in [0.05, 0.1) is 5.69 Å². The molecule has 2 aromatic heterocycles. The minimum atomic E-state index is -0.892. The van der Waals surface area contributed by atoms with Crippen molar-refractivity contribution in [3.8, 4) is 0 Å². The number of fused-ring (bicyclic) bond motifs is 1. The van der Waals surface area contributed by atoms with Gasteiger partial charge >= 0.3 is 5.97 Å². The Morgan fingerprint density at radius 1 is 1.36 bits per heavy atom. The Morgan fingerprint density at radius 2 is 2.16 bits per heavy atom. The van der Waals surface area contributed by atoms with Gasteiger partial charge in [0.2, 0.25) is 0 Å². The van der Waals surface area contributed by atoms with Crippen LogP contribution in [-0.4, -0.2) is 38.1 Å². The molecule has 1 N–H and O–H groups in total. The van der Waals surface area contributed by atoms with Crippen molar-refractivity contribution < 1.29 is 18.7 Å². The van der Waals surface area contributed by atoms with E-state index in [9.17, 15) is 14.0 Å². The van der Waals surface area contributed by atoms with Crippen molar-refractivity contribution in [2.45, 2.75) is 6.92 Å². The van der Waals surface area contributed by atoms with E-state index in [4.69, 9.17) is 16.3 Å². The first-order valence-corrected chi connectivity index (χ1v) is 7.42. The van der Waals surface area contributed by atoms with Crippen molar-refractivity contribution in [3.05, 3.63) is 52.8 Å². The number of nitrogens with one attached hydrogen (secondary N) is 1. The van der Waals surface area contributed by atoms with Crippen LogP contribution in [0.2, 0.25) is 5.02 Å². The number of hydrogen-bond donors (Lipinski definition) is 1. The van der Waals surface area contributed by atoms with E-state index in [-0.39, 0.29) is 22.3 Å². The van der Waals surface area contributed by atoms with Crippen LogP contribution in [0.3, 0.4) is 0 Å². The van der Waals surface area contributed by atoms with Crippen molar-refractivity contribution >= 4 is 34.9 Å². The largest absolute Gasteiger partial charge is 0.450 e. The lowest BCUT2D eigenvalue weighted by Gasteiger charge is -2.06. The number of ether oxygens (including phenoxy) is 1. The average Bonchev–Trinajstić information content (AvgIpc) is 3.01. The second kappa shape index (κ2) is 6.81. The van der Waals surface area contributed by atoms with Gasteiger partial charge in [0.25, 0.3) is 17.5 Å². The van der Waals surface area contributed by atoms with Gasteiger partial charge in [0.15, 0.2) is 6.61 Å². The summed E-state index contributed by atoms with van der Waals surface area (Å²) in [4.78, 5) is 31.6. The zero-order valence-electron chi connectivity index (χ0n) is 12.9. The fourth-order valence-corrected chi connectivity index (χ4v) is 2.12. The monoisotopic (exact) mass is 363 g/mol. The fourth-order valence-electron chi connectivity index (χ4n) is 1.97. The van der Waals surface area contributed by atoms with Gasteiger partial charge in [0, 0.05) is 16.9 Å². The number of nitrogens with zero attached hydrogens (tertiary/aromatic N) is 4. The number of carbonyl (C=O) groups excluding carboxylic acids is 2. The van der Waals surface area contributed by atoms with Gasteiger partial charge in [-0.05, 0) is 31.2 Å². The van der Waals surface area contributed by atoms with E-state index in [1.807, 2.05) is 0 Å². The Morgan fingerprint density at radius 3 is 2.88 bits per heavy atom. The van der Waals surface area contributed by atoms with Gasteiger partial charge in [-0.1, -0.05) is 11.6 Å². The molecule has 0 saturated carbocycles. The van der Waals surface area contributed by atoms with Gasteiger partial charge in [-0.25, -0.2) is 18.7 Å². The summed E-state index contributed by atoms with van der Waals surface area (Å²) in [6, 6.07) is 5.47. The molecule has 8 nitrogen and oxygen atoms in total. The van der Waals surface area contributed by atoms with Crippen LogP contribution in [0.1, 0.15) is 16.3 Å². The van der Waals surface area contributed by atoms with E-state index in [0.717, 1.165) is 11.8 Å². The summed E-state index contributed by atoms with van der Waals surface area (Å²) in [5.41, 5.74) is 0.656. The Labute approximate surface area is 145 Å². The second-order valence-corrected chi connectivity index (χ2v) is 5.42. The predicted molar refractivity (Wildman–Crippen MR) is 85.8 cm³/mol. The van der Waals surface area contributed by atoms with Gasteiger partial charge in [-0.3, -0.25) is 4.79 Å². The zero-order valence-corrected chi connectivity index (χ0v) is 13.6. The maximum Gasteiger partial charge on any atom is 0.378 e. The van der Waals surface area contributed by atoms with E-state index in [2.05, 4.69) is 20.4 Å². The van der Waals surface area contributed by atoms with Crippen molar-refractivity contribution in [1.29, 1.82) is 0 Å². The Bertz CT molecular complexity index is 975. The first-order valence-electron chi connectivity index (χ1n) is 7.04. The number of benzene rings is 1.